The normalized spacial score (nSPS) is 11.4. The number of amides is 1. The van der Waals surface area contributed by atoms with Gasteiger partial charge in [0.15, 0.2) is 17.2 Å². The van der Waals surface area contributed by atoms with Gasteiger partial charge in [-0.3, -0.25) is 14.6 Å². The number of aromatic nitrogens is 6. The molecule has 1 aromatic carbocycles. The summed E-state index contributed by atoms with van der Waals surface area (Å²) >= 11 is 0. The van der Waals surface area contributed by atoms with Crippen LogP contribution in [0.1, 0.15) is 41.6 Å². The molecule has 9 nitrogen and oxygen atoms in total. The van der Waals surface area contributed by atoms with Crippen molar-refractivity contribution in [2.75, 3.05) is 5.32 Å². The molecule has 0 atom stereocenters. The van der Waals surface area contributed by atoms with Crippen LogP contribution in [0, 0.1) is 6.92 Å². The number of H-pyrrole nitrogens is 1. The number of carbonyl (C=O) groups excluding carboxylic acids is 1. The lowest BCUT2D eigenvalue weighted by Crippen LogP contribution is -2.14. The summed E-state index contributed by atoms with van der Waals surface area (Å²) in [6, 6.07) is 12.8. The highest BCUT2D eigenvalue weighted by atomic mass is 16.3. The van der Waals surface area contributed by atoms with E-state index in [1.54, 1.807) is 30.1 Å². The number of aryl methyl sites for hydroxylation is 2. The lowest BCUT2D eigenvalue weighted by Gasteiger charge is -2.11. The number of aromatic amines is 1. The fourth-order valence-electron chi connectivity index (χ4n) is 3.80. The number of nitrogens with one attached hydrogen (secondary N) is 2. The molecule has 0 bridgehead atoms. The number of fused-ring (bicyclic) bond motifs is 1. The van der Waals surface area contributed by atoms with Crippen LogP contribution in [-0.4, -0.2) is 35.9 Å². The minimum Gasteiger partial charge on any atom is -0.463 e. The third-order valence-corrected chi connectivity index (χ3v) is 5.45. The summed E-state index contributed by atoms with van der Waals surface area (Å²) in [7, 11) is 1.81. The van der Waals surface area contributed by atoms with Gasteiger partial charge in [-0.1, -0.05) is 26.0 Å². The highest BCUT2D eigenvalue weighted by molar-refractivity contribution is 6.14. The zero-order chi connectivity index (χ0) is 23.1. The number of nitrogens with zero attached hydrogens (tertiary/aromatic N) is 5. The van der Waals surface area contributed by atoms with E-state index in [4.69, 9.17) is 4.42 Å². The summed E-state index contributed by atoms with van der Waals surface area (Å²) in [6.07, 6.45) is 1.58. The molecular weight excluding hydrogens is 418 g/mol. The van der Waals surface area contributed by atoms with Gasteiger partial charge < -0.3 is 9.73 Å². The molecule has 2 N–H and O–H groups in total. The predicted molar refractivity (Wildman–Crippen MR) is 125 cm³/mol. The van der Waals surface area contributed by atoms with Crippen LogP contribution in [0.25, 0.3) is 33.9 Å². The fourth-order valence-corrected chi connectivity index (χ4v) is 3.80. The summed E-state index contributed by atoms with van der Waals surface area (Å²) < 4.78 is 7.19. The average Bonchev–Trinajstić information content (AvgIpc) is 3.55. The number of benzene rings is 1. The number of furan rings is 1. The SMILES string of the molecule is Cc1nn(C)c2nc(-c3ccco3)cc(C(=O)Nc3ccccc3-c3n[nH]c(C(C)C)n3)c12. The quantitative estimate of drug-likeness (QED) is 0.409. The van der Waals surface area contributed by atoms with E-state index in [0.717, 1.165) is 17.1 Å². The standard InChI is InChI=1S/C24H23N7O2/c1-13(2)21-27-22(29-28-21)15-8-5-6-9-17(15)26-24(32)16-12-18(19-10-7-11-33-19)25-23-20(16)14(3)30-31(23)4/h5-13H,1-4H3,(H,26,32)(H,27,28,29). The van der Waals surface area contributed by atoms with Crippen LogP contribution in [0.5, 0.6) is 0 Å². The van der Waals surface area contributed by atoms with Gasteiger partial charge in [0.05, 0.1) is 28.6 Å². The number of para-hydroxylation sites is 1. The van der Waals surface area contributed by atoms with Gasteiger partial charge in [-0.2, -0.15) is 10.2 Å². The van der Waals surface area contributed by atoms with Crippen LogP contribution < -0.4 is 5.32 Å². The predicted octanol–water partition coefficient (Wildman–Crippen LogP) is 4.70. The van der Waals surface area contributed by atoms with Crippen molar-refractivity contribution in [3.05, 3.63) is 65.8 Å². The summed E-state index contributed by atoms with van der Waals surface area (Å²) in [5.41, 5.74) is 3.70. The Morgan fingerprint density at radius 1 is 1.15 bits per heavy atom. The van der Waals surface area contributed by atoms with Crippen LogP contribution in [0.3, 0.4) is 0 Å². The van der Waals surface area contributed by atoms with Crippen molar-refractivity contribution in [2.45, 2.75) is 26.7 Å². The first-order valence-corrected chi connectivity index (χ1v) is 10.6. The Bertz CT molecular complexity index is 1460. The Hall–Kier alpha value is -4.27. The van der Waals surface area contributed by atoms with Gasteiger partial charge in [-0.05, 0) is 37.3 Å². The van der Waals surface area contributed by atoms with Crippen molar-refractivity contribution in [3.63, 3.8) is 0 Å². The number of carbonyl (C=O) groups is 1. The van der Waals surface area contributed by atoms with Gasteiger partial charge in [-0.25, -0.2) is 9.97 Å². The third-order valence-electron chi connectivity index (χ3n) is 5.45. The monoisotopic (exact) mass is 441 g/mol. The van der Waals surface area contributed by atoms with Crippen molar-refractivity contribution in [1.82, 2.24) is 29.9 Å². The molecule has 0 unspecified atom stereocenters. The zero-order valence-corrected chi connectivity index (χ0v) is 18.7. The zero-order valence-electron chi connectivity index (χ0n) is 18.7. The van der Waals surface area contributed by atoms with Gasteiger partial charge in [0.25, 0.3) is 5.91 Å². The topological polar surface area (TPSA) is 115 Å². The molecule has 0 aliphatic carbocycles. The van der Waals surface area contributed by atoms with Gasteiger partial charge >= 0.3 is 0 Å². The number of rotatable bonds is 5. The Morgan fingerprint density at radius 2 is 1.97 bits per heavy atom. The molecule has 0 fully saturated rings. The number of anilines is 1. The van der Waals surface area contributed by atoms with Crippen molar-refractivity contribution in [2.24, 2.45) is 7.05 Å². The van der Waals surface area contributed by atoms with Crippen molar-refractivity contribution in [3.8, 4) is 22.8 Å². The van der Waals surface area contributed by atoms with E-state index in [9.17, 15) is 4.79 Å². The van der Waals surface area contributed by atoms with Crippen molar-refractivity contribution >= 4 is 22.6 Å². The van der Waals surface area contributed by atoms with E-state index >= 15 is 0 Å². The molecule has 4 heterocycles. The molecule has 0 radical (unpaired) electrons. The summed E-state index contributed by atoms with van der Waals surface area (Å²) in [6.45, 7) is 5.95. The summed E-state index contributed by atoms with van der Waals surface area (Å²) in [4.78, 5) is 22.8. The Balaban J connectivity index is 1.58. The highest BCUT2D eigenvalue weighted by Crippen LogP contribution is 2.30. The largest absolute Gasteiger partial charge is 0.463 e. The molecular formula is C24H23N7O2. The number of pyridine rings is 1. The molecule has 1 amide bonds. The first-order chi connectivity index (χ1) is 15.9. The van der Waals surface area contributed by atoms with E-state index in [-0.39, 0.29) is 11.8 Å². The second-order valence-electron chi connectivity index (χ2n) is 8.14. The Labute approximate surface area is 189 Å². The second-order valence-corrected chi connectivity index (χ2v) is 8.14. The van der Waals surface area contributed by atoms with Gasteiger partial charge in [0.2, 0.25) is 0 Å². The molecule has 0 saturated heterocycles. The maximum atomic E-state index is 13.6. The van der Waals surface area contributed by atoms with Gasteiger partial charge in [0, 0.05) is 18.5 Å². The van der Waals surface area contributed by atoms with Crippen molar-refractivity contribution in [1.29, 1.82) is 0 Å². The minimum absolute atomic E-state index is 0.215. The van der Waals surface area contributed by atoms with Crippen LogP contribution in [-0.2, 0) is 7.05 Å². The molecule has 166 valence electrons. The van der Waals surface area contributed by atoms with Crippen LogP contribution >= 0.6 is 0 Å². The minimum atomic E-state index is -0.279. The van der Waals surface area contributed by atoms with E-state index in [1.165, 1.54) is 0 Å². The third kappa shape index (κ3) is 3.67. The summed E-state index contributed by atoms with van der Waals surface area (Å²) in [5.74, 6) is 1.83. The molecule has 33 heavy (non-hydrogen) atoms. The molecule has 9 heteroatoms. The van der Waals surface area contributed by atoms with Gasteiger partial charge in [0.1, 0.15) is 11.5 Å². The van der Waals surface area contributed by atoms with Crippen LogP contribution in [0.15, 0.2) is 53.1 Å². The smallest absolute Gasteiger partial charge is 0.256 e. The molecule has 0 aliphatic rings. The first kappa shape index (κ1) is 20.6. The van der Waals surface area contributed by atoms with E-state index in [0.29, 0.717) is 39.6 Å². The fraction of sp³-hybridized carbons (Fsp3) is 0.208. The molecule has 4 aromatic heterocycles. The average molecular weight is 441 g/mol. The van der Waals surface area contributed by atoms with E-state index in [1.807, 2.05) is 51.1 Å². The first-order valence-electron chi connectivity index (χ1n) is 10.6. The second kappa shape index (κ2) is 8.01. The number of hydrogen-bond donors (Lipinski definition) is 2. The van der Waals surface area contributed by atoms with Crippen LogP contribution in [0.4, 0.5) is 5.69 Å². The summed E-state index contributed by atoms with van der Waals surface area (Å²) in [5, 5.41) is 15.5. The molecule has 0 spiro atoms. The van der Waals surface area contributed by atoms with E-state index < -0.39 is 0 Å². The van der Waals surface area contributed by atoms with Crippen LogP contribution in [0.2, 0.25) is 0 Å². The Morgan fingerprint density at radius 3 is 2.70 bits per heavy atom. The maximum Gasteiger partial charge on any atom is 0.256 e. The molecule has 5 aromatic rings. The highest BCUT2D eigenvalue weighted by Gasteiger charge is 2.21. The Kier molecular flexibility index (Phi) is 5.01. The maximum absolute atomic E-state index is 13.6. The lowest BCUT2D eigenvalue weighted by molar-refractivity contribution is 0.102. The molecule has 0 aliphatic heterocycles. The molecule has 0 saturated carbocycles. The van der Waals surface area contributed by atoms with Crippen molar-refractivity contribution < 1.29 is 9.21 Å². The van der Waals surface area contributed by atoms with E-state index in [2.05, 4.69) is 30.6 Å². The van der Waals surface area contributed by atoms with Gasteiger partial charge in [-0.15, -0.1) is 0 Å². The molecule has 5 rings (SSSR count). The number of hydrogen-bond acceptors (Lipinski definition) is 6. The lowest BCUT2D eigenvalue weighted by atomic mass is 10.1.